The predicted molar refractivity (Wildman–Crippen MR) is 84.6 cm³/mol. The van der Waals surface area contributed by atoms with Gasteiger partial charge in [0.15, 0.2) is 0 Å². The highest BCUT2D eigenvalue weighted by Gasteiger charge is 2.12. The van der Waals surface area contributed by atoms with Crippen LogP contribution in [0.25, 0.3) is 22.6 Å². The average Bonchev–Trinajstić information content (AvgIpc) is 3.03. The van der Waals surface area contributed by atoms with Crippen molar-refractivity contribution in [3.05, 3.63) is 57.8 Å². The highest BCUT2D eigenvalue weighted by atomic mass is 16.4. The van der Waals surface area contributed by atoms with E-state index >= 15 is 0 Å². The summed E-state index contributed by atoms with van der Waals surface area (Å²) in [6.07, 6.45) is 0.683. The maximum atomic E-state index is 11.9. The highest BCUT2D eigenvalue weighted by Crippen LogP contribution is 2.25. The summed E-state index contributed by atoms with van der Waals surface area (Å²) in [6, 6.07) is 11.1. The first-order valence-electron chi connectivity index (χ1n) is 7.19. The molecule has 0 spiro atoms. The van der Waals surface area contributed by atoms with Crippen molar-refractivity contribution in [2.75, 3.05) is 0 Å². The minimum atomic E-state index is -0.379. The van der Waals surface area contributed by atoms with Crippen LogP contribution in [-0.2, 0) is 6.42 Å². The van der Waals surface area contributed by atoms with Crippen molar-refractivity contribution in [2.45, 2.75) is 20.3 Å². The average molecular weight is 306 g/mol. The topological polar surface area (TPSA) is 95.6 Å². The van der Waals surface area contributed by atoms with Gasteiger partial charge in [-0.1, -0.05) is 19.1 Å². The molecule has 0 fully saturated rings. The Morgan fingerprint density at radius 3 is 2.52 bits per heavy atom. The van der Waals surface area contributed by atoms with Gasteiger partial charge in [0.25, 0.3) is 5.56 Å². The SMILES string of the molecule is CCc1nnc(-c2ccc(-c3cc(C)[nH]c(=O)c3C#N)cc2)o1. The first-order valence-corrected chi connectivity index (χ1v) is 7.19. The van der Waals surface area contributed by atoms with E-state index in [0.717, 1.165) is 11.1 Å². The quantitative estimate of drug-likeness (QED) is 0.802. The number of hydrogen-bond donors (Lipinski definition) is 1. The number of aromatic amines is 1. The zero-order valence-corrected chi connectivity index (χ0v) is 12.8. The van der Waals surface area contributed by atoms with E-state index in [1.807, 2.05) is 37.3 Å². The van der Waals surface area contributed by atoms with E-state index in [4.69, 9.17) is 4.42 Å². The Bertz CT molecular complexity index is 946. The summed E-state index contributed by atoms with van der Waals surface area (Å²) in [5, 5.41) is 17.1. The first-order chi connectivity index (χ1) is 11.1. The molecule has 0 saturated carbocycles. The lowest BCUT2D eigenvalue weighted by atomic mass is 10.00. The first kappa shape index (κ1) is 14.7. The van der Waals surface area contributed by atoms with Gasteiger partial charge in [0.2, 0.25) is 11.8 Å². The maximum Gasteiger partial charge on any atom is 0.266 e. The van der Waals surface area contributed by atoms with Gasteiger partial charge in [0.05, 0.1) is 0 Å². The largest absolute Gasteiger partial charge is 0.421 e. The molecule has 3 rings (SSSR count). The Labute approximate surface area is 132 Å². The maximum absolute atomic E-state index is 11.9. The number of nitrogens with one attached hydrogen (secondary N) is 1. The number of nitrogens with zero attached hydrogens (tertiary/aromatic N) is 3. The van der Waals surface area contributed by atoms with Crippen LogP contribution in [0, 0.1) is 18.3 Å². The van der Waals surface area contributed by atoms with Crippen molar-refractivity contribution >= 4 is 0 Å². The van der Waals surface area contributed by atoms with Gasteiger partial charge in [-0.25, -0.2) is 0 Å². The summed E-state index contributed by atoms with van der Waals surface area (Å²) in [6.45, 7) is 3.73. The van der Waals surface area contributed by atoms with E-state index in [1.165, 1.54) is 0 Å². The van der Waals surface area contributed by atoms with Crippen molar-refractivity contribution in [1.82, 2.24) is 15.2 Å². The second-order valence-corrected chi connectivity index (χ2v) is 5.11. The van der Waals surface area contributed by atoms with Crippen LogP contribution in [0.3, 0.4) is 0 Å². The fourth-order valence-corrected chi connectivity index (χ4v) is 2.33. The summed E-state index contributed by atoms with van der Waals surface area (Å²) in [4.78, 5) is 14.5. The molecule has 23 heavy (non-hydrogen) atoms. The van der Waals surface area contributed by atoms with Gasteiger partial charge in [-0.2, -0.15) is 5.26 Å². The van der Waals surface area contributed by atoms with Gasteiger partial charge in [0.1, 0.15) is 11.6 Å². The second-order valence-electron chi connectivity index (χ2n) is 5.11. The lowest BCUT2D eigenvalue weighted by Gasteiger charge is -2.06. The number of H-pyrrole nitrogens is 1. The lowest BCUT2D eigenvalue weighted by molar-refractivity contribution is 0.513. The summed E-state index contributed by atoms with van der Waals surface area (Å²) in [5.74, 6) is 1.04. The zero-order valence-electron chi connectivity index (χ0n) is 12.8. The van der Waals surface area contributed by atoms with Gasteiger partial charge < -0.3 is 9.40 Å². The van der Waals surface area contributed by atoms with Crippen LogP contribution in [0.1, 0.15) is 24.1 Å². The van der Waals surface area contributed by atoms with Crippen LogP contribution >= 0.6 is 0 Å². The van der Waals surface area contributed by atoms with Crippen LogP contribution in [0.5, 0.6) is 0 Å². The van der Waals surface area contributed by atoms with E-state index in [9.17, 15) is 10.1 Å². The molecule has 3 aromatic rings. The van der Waals surface area contributed by atoms with Crippen LogP contribution < -0.4 is 5.56 Å². The molecule has 0 aliphatic rings. The van der Waals surface area contributed by atoms with Gasteiger partial charge >= 0.3 is 0 Å². The number of benzene rings is 1. The Morgan fingerprint density at radius 1 is 1.22 bits per heavy atom. The molecule has 0 atom stereocenters. The number of aromatic nitrogens is 3. The number of nitriles is 1. The molecule has 1 aromatic carbocycles. The summed E-state index contributed by atoms with van der Waals surface area (Å²) in [7, 11) is 0. The third-order valence-electron chi connectivity index (χ3n) is 3.49. The fourth-order valence-electron chi connectivity index (χ4n) is 2.33. The smallest absolute Gasteiger partial charge is 0.266 e. The summed E-state index contributed by atoms with van der Waals surface area (Å²) >= 11 is 0. The van der Waals surface area contributed by atoms with Gasteiger partial charge in [0, 0.05) is 23.2 Å². The Hall–Kier alpha value is -3.20. The van der Waals surface area contributed by atoms with Gasteiger partial charge in [-0.15, -0.1) is 10.2 Å². The van der Waals surface area contributed by atoms with Gasteiger partial charge in [-0.05, 0) is 30.7 Å². The molecule has 0 saturated heterocycles. The van der Waals surface area contributed by atoms with Crippen LogP contribution in [0.15, 0.2) is 39.5 Å². The molecule has 2 heterocycles. The number of aryl methyl sites for hydroxylation is 2. The zero-order chi connectivity index (χ0) is 16.4. The molecule has 0 radical (unpaired) electrons. The third kappa shape index (κ3) is 2.77. The Morgan fingerprint density at radius 2 is 1.91 bits per heavy atom. The van der Waals surface area contributed by atoms with E-state index in [0.29, 0.717) is 29.5 Å². The van der Waals surface area contributed by atoms with E-state index < -0.39 is 0 Å². The molecular formula is C17H14N4O2. The van der Waals surface area contributed by atoms with Crippen LogP contribution in [0.2, 0.25) is 0 Å². The summed E-state index contributed by atoms with van der Waals surface area (Å²) in [5.41, 5.74) is 2.62. The number of rotatable bonds is 3. The van der Waals surface area contributed by atoms with Crippen molar-refractivity contribution in [2.24, 2.45) is 0 Å². The molecule has 1 N–H and O–H groups in total. The normalized spacial score (nSPS) is 10.5. The van der Waals surface area contributed by atoms with Crippen LogP contribution in [0.4, 0.5) is 0 Å². The highest BCUT2D eigenvalue weighted by molar-refractivity contribution is 5.72. The lowest BCUT2D eigenvalue weighted by Crippen LogP contribution is -2.12. The standard InChI is InChI=1S/C17H14N4O2/c1-3-15-20-21-17(23-15)12-6-4-11(5-7-12)13-8-10(2)19-16(22)14(13)9-18/h4-8H,3H2,1-2H3,(H,19,22). The Balaban J connectivity index is 2.03. The van der Waals surface area contributed by atoms with Gasteiger partial charge in [-0.3, -0.25) is 4.79 Å². The minimum Gasteiger partial charge on any atom is -0.421 e. The van der Waals surface area contributed by atoms with Crippen molar-refractivity contribution in [1.29, 1.82) is 5.26 Å². The van der Waals surface area contributed by atoms with Crippen molar-refractivity contribution in [3.63, 3.8) is 0 Å². The molecule has 0 aliphatic heterocycles. The fraction of sp³-hybridized carbons (Fsp3) is 0.176. The molecule has 2 aromatic heterocycles. The molecule has 114 valence electrons. The number of pyridine rings is 1. The molecule has 6 heteroatoms. The van der Waals surface area contributed by atoms with Crippen molar-refractivity contribution in [3.8, 4) is 28.7 Å². The number of hydrogen-bond acceptors (Lipinski definition) is 5. The van der Waals surface area contributed by atoms with E-state index in [1.54, 1.807) is 13.0 Å². The molecule has 6 nitrogen and oxygen atoms in total. The molecular weight excluding hydrogens is 292 g/mol. The monoisotopic (exact) mass is 306 g/mol. The molecule has 0 bridgehead atoms. The van der Waals surface area contributed by atoms with Crippen LogP contribution in [-0.4, -0.2) is 15.2 Å². The molecule has 0 aliphatic carbocycles. The van der Waals surface area contributed by atoms with E-state index in [-0.39, 0.29) is 11.1 Å². The summed E-state index contributed by atoms with van der Waals surface area (Å²) < 4.78 is 5.52. The molecule has 0 amide bonds. The molecule has 0 unspecified atom stereocenters. The van der Waals surface area contributed by atoms with Crippen molar-refractivity contribution < 1.29 is 4.42 Å². The van der Waals surface area contributed by atoms with E-state index in [2.05, 4.69) is 15.2 Å². The second kappa shape index (κ2) is 5.89. The minimum absolute atomic E-state index is 0.106. The predicted octanol–water partition coefficient (Wildman–Crippen LogP) is 2.83. The third-order valence-corrected chi connectivity index (χ3v) is 3.49. The Kier molecular flexibility index (Phi) is 3.77.